The van der Waals surface area contributed by atoms with E-state index in [1.54, 1.807) is 31.2 Å². The van der Waals surface area contributed by atoms with Crippen molar-refractivity contribution in [3.8, 4) is 0 Å². The summed E-state index contributed by atoms with van der Waals surface area (Å²) in [7, 11) is -3.08. The standard InChI is InChI=1S/C14H18N2O4S/c1-10(17)15-12-5-3-4-11(8-12)13(18)16-14(2)6-7-21(19,20)9-14/h3-5,8H,6-7,9H2,1-2H3,(H,15,17)(H,16,18). The van der Waals surface area contributed by atoms with E-state index in [-0.39, 0.29) is 23.3 Å². The highest BCUT2D eigenvalue weighted by atomic mass is 32.2. The molecule has 1 aliphatic heterocycles. The van der Waals surface area contributed by atoms with Gasteiger partial charge in [-0.25, -0.2) is 8.42 Å². The molecule has 0 radical (unpaired) electrons. The van der Waals surface area contributed by atoms with Gasteiger partial charge in [-0.05, 0) is 31.5 Å². The number of hydrogen-bond donors (Lipinski definition) is 2. The zero-order valence-electron chi connectivity index (χ0n) is 12.0. The van der Waals surface area contributed by atoms with Gasteiger partial charge in [0.2, 0.25) is 5.91 Å². The quantitative estimate of drug-likeness (QED) is 0.869. The van der Waals surface area contributed by atoms with Gasteiger partial charge in [0, 0.05) is 18.2 Å². The number of amides is 2. The molecule has 2 amide bonds. The van der Waals surface area contributed by atoms with Crippen LogP contribution in [0.3, 0.4) is 0 Å². The van der Waals surface area contributed by atoms with E-state index in [2.05, 4.69) is 10.6 Å². The van der Waals surface area contributed by atoms with Gasteiger partial charge in [-0.15, -0.1) is 0 Å². The topological polar surface area (TPSA) is 92.3 Å². The third-order valence-corrected chi connectivity index (χ3v) is 5.27. The number of nitrogens with one attached hydrogen (secondary N) is 2. The zero-order chi connectivity index (χ0) is 15.7. The molecule has 0 aromatic heterocycles. The minimum Gasteiger partial charge on any atom is -0.346 e. The molecule has 0 saturated carbocycles. The number of carbonyl (C=O) groups is 2. The van der Waals surface area contributed by atoms with Crippen LogP contribution in [0, 0.1) is 0 Å². The third kappa shape index (κ3) is 4.04. The van der Waals surface area contributed by atoms with E-state index < -0.39 is 15.4 Å². The molecule has 114 valence electrons. The summed E-state index contributed by atoms with van der Waals surface area (Å²) >= 11 is 0. The van der Waals surface area contributed by atoms with Crippen LogP contribution in [0.2, 0.25) is 0 Å². The lowest BCUT2D eigenvalue weighted by molar-refractivity contribution is -0.114. The number of benzene rings is 1. The molecule has 0 spiro atoms. The predicted octanol–water partition coefficient (Wildman–Crippen LogP) is 0.952. The van der Waals surface area contributed by atoms with Gasteiger partial charge in [0.25, 0.3) is 5.91 Å². The van der Waals surface area contributed by atoms with Crippen LogP contribution in [0.15, 0.2) is 24.3 Å². The zero-order valence-corrected chi connectivity index (χ0v) is 12.8. The van der Waals surface area contributed by atoms with Gasteiger partial charge in [-0.1, -0.05) is 6.07 Å². The average molecular weight is 310 g/mol. The number of anilines is 1. The second kappa shape index (κ2) is 5.48. The van der Waals surface area contributed by atoms with Crippen LogP contribution < -0.4 is 10.6 Å². The Morgan fingerprint density at radius 3 is 2.57 bits per heavy atom. The van der Waals surface area contributed by atoms with E-state index in [9.17, 15) is 18.0 Å². The Labute approximate surface area is 123 Å². The van der Waals surface area contributed by atoms with Crippen molar-refractivity contribution < 1.29 is 18.0 Å². The summed E-state index contributed by atoms with van der Waals surface area (Å²) in [5, 5.41) is 5.38. The summed E-state index contributed by atoms with van der Waals surface area (Å²) in [6.07, 6.45) is 0.409. The predicted molar refractivity (Wildman–Crippen MR) is 79.9 cm³/mol. The molecular weight excluding hydrogens is 292 g/mol. The van der Waals surface area contributed by atoms with E-state index in [0.29, 0.717) is 17.7 Å². The molecule has 0 bridgehead atoms. The van der Waals surface area contributed by atoms with E-state index in [4.69, 9.17) is 0 Å². The fourth-order valence-electron chi connectivity index (χ4n) is 2.40. The SMILES string of the molecule is CC(=O)Nc1cccc(C(=O)NC2(C)CCS(=O)(=O)C2)c1. The van der Waals surface area contributed by atoms with Gasteiger partial charge >= 0.3 is 0 Å². The summed E-state index contributed by atoms with van der Waals surface area (Å²) in [5.74, 6) is -0.518. The smallest absolute Gasteiger partial charge is 0.251 e. The first kappa shape index (κ1) is 15.5. The molecule has 1 fully saturated rings. The highest BCUT2D eigenvalue weighted by molar-refractivity contribution is 7.91. The van der Waals surface area contributed by atoms with Crippen molar-refractivity contribution >= 4 is 27.3 Å². The van der Waals surface area contributed by atoms with Gasteiger partial charge in [0.15, 0.2) is 9.84 Å². The normalized spacial score (nSPS) is 23.5. The molecule has 2 rings (SSSR count). The molecular formula is C14H18N2O4S. The molecule has 1 saturated heterocycles. The van der Waals surface area contributed by atoms with Crippen LogP contribution in [0.4, 0.5) is 5.69 Å². The Balaban J connectivity index is 2.12. The van der Waals surface area contributed by atoms with Crippen molar-refractivity contribution in [2.45, 2.75) is 25.8 Å². The lowest BCUT2D eigenvalue weighted by Gasteiger charge is -2.24. The molecule has 2 N–H and O–H groups in total. The van der Waals surface area contributed by atoms with Crippen molar-refractivity contribution in [2.75, 3.05) is 16.8 Å². The molecule has 1 unspecified atom stereocenters. The Bertz CT molecular complexity index is 684. The second-order valence-corrected chi connectivity index (χ2v) is 7.80. The highest BCUT2D eigenvalue weighted by Crippen LogP contribution is 2.23. The van der Waals surface area contributed by atoms with Gasteiger partial charge in [0.05, 0.1) is 17.0 Å². The van der Waals surface area contributed by atoms with E-state index in [0.717, 1.165) is 0 Å². The molecule has 1 atom stereocenters. The van der Waals surface area contributed by atoms with Gasteiger partial charge in [-0.2, -0.15) is 0 Å². The molecule has 1 aliphatic rings. The summed E-state index contributed by atoms with van der Waals surface area (Å²) < 4.78 is 23.1. The van der Waals surface area contributed by atoms with Crippen molar-refractivity contribution in [3.63, 3.8) is 0 Å². The minimum atomic E-state index is -3.08. The summed E-state index contributed by atoms with van der Waals surface area (Å²) in [4.78, 5) is 23.3. The molecule has 21 heavy (non-hydrogen) atoms. The van der Waals surface area contributed by atoms with Gasteiger partial charge < -0.3 is 10.6 Å². The second-order valence-electron chi connectivity index (χ2n) is 5.62. The first-order valence-electron chi connectivity index (χ1n) is 6.60. The lowest BCUT2D eigenvalue weighted by atomic mass is 10.0. The summed E-state index contributed by atoms with van der Waals surface area (Å²) in [6.45, 7) is 3.12. The van der Waals surface area contributed by atoms with Crippen molar-refractivity contribution in [3.05, 3.63) is 29.8 Å². The third-order valence-electron chi connectivity index (χ3n) is 3.36. The minimum absolute atomic E-state index is 0.0445. The molecule has 1 aromatic rings. The lowest BCUT2D eigenvalue weighted by Crippen LogP contribution is -2.46. The maximum absolute atomic E-state index is 12.2. The van der Waals surface area contributed by atoms with Gasteiger partial charge in [0.1, 0.15) is 0 Å². The average Bonchev–Trinajstić information content (AvgIpc) is 2.62. The Kier molecular flexibility index (Phi) is 4.04. The largest absolute Gasteiger partial charge is 0.346 e. The molecule has 6 nitrogen and oxygen atoms in total. The molecule has 0 aliphatic carbocycles. The van der Waals surface area contributed by atoms with E-state index in [1.807, 2.05) is 0 Å². The number of sulfone groups is 1. The molecule has 1 aromatic carbocycles. The first-order chi connectivity index (χ1) is 9.69. The fourth-order valence-corrected chi connectivity index (χ4v) is 4.49. The molecule has 1 heterocycles. The number of hydrogen-bond acceptors (Lipinski definition) is 4. The van der Waals surface area contributed by atoms with Crippen LogP contribution in [0.5, 0.6) is 0 Å². The van der Waals surface area contributed by atoms with Crippen molar-refractivity contribution in [2.24, 2.45) is 0 Å². The summed E-state index contributed by atoms with van der Waals surface area (Å²) in [5.41, 5.74) is 0.172. The maximum Gasteiger partial charge on any atom is 0.251 e. The van der Waals surface area contributed by atoms with Crippen LogP contribution in [-0.2, 0) is 14.6 Å². The Morgan fingerprint density at radius 2 is 2.00 bits per heavy atom. The Morgan fingerprint density at radius 1 is 1.29 bits per heavy atom. The van der Waals surface area contributed by atoms with Crippen LogP contribution >= 0.6 is 0 Å². The van der Waals surface area contributed by atoms with Crippen LogP contribution in [0.1, 0.15) is 30.6 Å². The monoisotopic (exact) mass is 310 g/mol. The summed E-state index contributed by atoms with van der Waals surface area (Å²) in [6, 6.07) is 6.52. The maximum atomic E-state index is 12.2. The fraction of sp³-hybridized carbons (Fsp3) is 0.429. The van der Waals surface area contributed by atoms with E-state index >= 15 is 0 Å². The first-order valence-corrected chi connectivity index (χ1v) is 8.42. The van der Waals surface area contributed by atoms with Gasteiger partial charge in [-0.3, -0.25) is 9.59 Å². The van der Waals surface area contributed by atoms with Crippen LogP contribution in [-0.4, -0.2) is 37.3 Å². The van der Waals surface area contributed by atoms with Crippen LogP contribution in [0.25, 0.3) is 0 Å². The molecule has 7 heteroatoms. The van der Waals surface area contributed by atoms with E-state index in [1.165, 1.54) is 6.92 Å². The number of rotatable bonds is 3. The van der Waals surface area contributed by atoms with Crippen molar-refractivity contribution in [1.29, 1.82) is 0 Å². The highest BCUT2D eigenvalue weighted by Gasteiger charge is 2.39. The Hall–Kier alpha value is -1.89. The van der Waals surface area contributed by atoms with Crippen molar-refractivity contribution in [1.82, 2.24) is 5.32 Å². The number of carbonyl (C=O) groups excluding carboxylic acids is 2.